The Bertz CT molecular complexity index is 1220. The fraction of sp³-hybridized carbons (Fsp3) is 0.684. The normalized spacial score (nSPS) is 38.9. The van der Waals surface area contributed by atoms with Crippen molar-refractivity contribution >= 4 is 0 Å². The van der Waals surface area contributed by atoms with Crippen LogP contribution in [0.25, 0.3) is 0 Å². The summed E-state index contributed by atoms with van der Waals surface area (Å²) in [5.74, 6) is 0. The summed E-state index contributed by atoms with van der Waals surface area (Å²) < 4.78 is 45.9. The van der Waals surface area contributed by atoms with Crippen molar-refractivity contribution in [1.82, 2.24) is 0 Å². The van der Waals surface area contributed by atoms with Gasteiger partial charge in [-0.05, 0) is 62.5 Å². The molecule has 47 heavy (non-hydrogen) atoms. The van der Waals surface area contributed by atoms with E-state index >= 15 is 0 Å². The average molecular weight is 653 g/mol. The summed E-state index contributed by atoms with van der Waals surface area (Å²) in [7, 11) is 0. The molecular weight excluding hydrogens is 600 g/mol. The Morgan fingerprint density at radius 3 is 1.77 bits per heavy atom. The number of rotatable bonds is 10. The molecule has 0 spiro atoms. The van der Waals surface area contributed by atoms with Crippen molar-refractivity contribution in [2.24, 2.45) is 0 Å². The van der Waals surface area contributed by atoms with E-state index in [9.17, 15) is 10.2 Å². The van der Waals surface area contributed by atoms with E-state index < -0.39 is 12.2 Å². The maximum atomic E-state index is 10.4. The van der Waals surface area contributed by atoms with Gasteiger partial charge in [0.05, 0.1) is 87.0 Å². The summed E-state index contributed by atoms with van der Waals surface area (Å²) >= 11 is 0. The Morgan fingerprint density at radius 2 is 1.09 bits per heavy atom. The van der Waals surface area contributed by atoms with Crippen molar-refractivity contribution in [2.75, 3.05) is 13.2 Å². The molecule has 5 saturated heterocycles. The zero-order valence-electron chi connectivity index (χ0n) is 27.4. The molecule has 0 unspecified atom stereocenters. The first-order valence-electron chi connectivity index (χ1n) is 18.0. The highest BCUT2D eigenvalue weighted by molar-refractivity contribution is 5.14. The van der Waals surface area contributed by atoms with Crippen LogP contribution in [0.15, 0.2) is 60.7 Å². The highest BCUT2D eigenvalue weighted by atomic mass is 16.6. The Balaban J connectivity index is 0.977. The second-order valence-corrected chi connectivity index (χ2v) is 14.0. The first-order chi connectivity index (χ1) is 23.1. The summed E-state index contributed by atoms with van der Waals surface area (Å²) in [4.78, 5) is 0. The predicted octanol–water partition coefficient (Wildman–Crippen LogP) is 4.88. The standard InChI is InChI=1S/C38H52O9/c39-22-38-27(40)13-14-29-30(46-38)15-16-32-36(45-29)21-37-33(44-32)18-17-31-35(47-37)20-34(42-24-26-10-5-2-6-11-26)28(43-31)12-7-19-41-23-25-8-3-1-4-9-25/h1-6,8-11,27-40H,7,12-24H2/t27-,28-,29+,30-,31+,32+,33-,34+,35-,36-,37+,38+/m0/s1. The number of aliphatic hydroxyl groups excluding tert-OH is 2. The van der Waals surface area contributed by atoms with Crippen LogP contribution in [-0.2, 0) is 46.4 Å². The Morgan fingerprint density at radius 1 is 0.574 bits per heavy atom. The third-order valence-corrected chi connectivity index (χ3v) is 10.8. The summed E-state index contributed by atoms with van der Waals surface area (Å²) in [6.07, 6.45) is 6.12. The van der Waals surface area contributed by atoms with Crippen LogP contribution in [-0.4, -0.2) is 96.7 Å². The lowest BCUT2D eigenvalue weighted by Crippen LogP contribution is -2.52. The van der Waals surface area contributed by atoms with Gasteiger partial charge < -0.3 is 43.4 Å². The molecule has 0 aromatic heterocycles. The van der Waals surface area contributed by atoms with Gasteiger partial charge in [0.15, 0.2) is 0 Å². The van der Waals surface area contributed by atoms with Crippen LogP contribution in [0.4, 0.5) is 0 Å². The molecular formula is C38H52O9. The second kappa shape index (κ2) is 16.2. The summed E-state index contributed by atoms with van der Waals surface area (Å²) in [6, 6.07) is 20.6. The summed E-state index contributed by atoms with van der Waals surface area (Å²) in [5, 5.41) is 20.2. The molecule has 2 aromatic rings. The number of fused-ring (bicyclic) bond motifs is 4. The van der Waals surface area contributed by atoms with E-state index in [-0.39, 0.29) is 67.6 Å². The monoisotopic (exact) mass is 652 g/mol. The molecule has 12 atom stereocenters. The van der Waals surface area contributed by atoms with Crippen molar-refractivity contribution in [3.8, 4) is 0 Å². The van der Waals surface area contributed by atoms with Crippen molar-refractivity contribution < 1.29 is 43.4 Å². The molecule has 0 radical (unpaired) electrons. The Labute approximate surface area is 278 Å². The average Bonchev–Trinajstić information content (AvgIpc) is 3.45. The van der Waals surface area contributed by atoms with Crippen LogP contribution in [0.5, 0.6) is 0 Å². The van der Waals surface area contributed by atoms with Gasteiger partial charge in [-0.2, -0.15) is 0 Å². The van der Waals surface area contributed by atoms with Gasteiger partial charge in [0.2, 0.25) is 0 Å². The topological polar surface area (TPSA) is 105 Å². The summed E-state index contributed by atoms with van der Waals surface area (Å²) in [5.41, 5.74) is 2.34. The number of hydrogen-bond donors (Lipinski definition) is 2. The van der Waals surface area contributed by atoms with Crippen molar-refractivity contribution in [2.45, 2.75) is 151 Å². The van der Waals surface area contributed by atoms with Crippen LogP contribution >= 0.6 is 0 Å². The van der Waals surface area contributed by atoms with E-state index in [1.165, 1.54) is 5.56 Å². The zero-order chi connectivity index (χ0) is 32.0. The minimum absolute atomic E-state index is 0.00147. The minimum Gasteiger partial charge on any atom is -0.394 e. The molecule has 258 valence electrons. The van der Waals surface area contributed by atoms with Gasteiger partial charge in [0.25, 0.3) is 0 Å². The van der Waals surface area contributed by atoms with Crippen LogP contribution in [0.3, 0.4) is 0 Å². The zero-order valence-corrected chi connectivity index (χ0v) is 27.4. The third-order valence-electron chi connectivity index (χ3n) is 10.8. The van der Waals surface area contributed by atoms with Gasteiger partial charge in [-0.3, -0.25) is 0 Å². The molecule has 5 heterocycles. The van der Waals surface area contributed by atoms with E-state index in [0.29, 0.717) is 32.7 Å². The Hall–Kier alpha value is -1.92. The van der Waals surface area contributed by atoms with Gasteiger partial charge >= 0.3 is 0 Å². The third kappa shape index (κ3) is 8.46. The smallest absolute Gasteiger partial charge is 0.107 e. The molecule has 0 bridgehead atoms. The fourth-order valence-electron chi connectivity index (χ4n) is 8.20. The number of ether oxygens (including phenoxy) is 7. The van der Waals surface area contributed by atoms with E-state index in [2.05, 4.69) is 24.3 Å². The first kappa shape index (κ1) is 33.6. The molecule has 9 nitrogen and oxygen atoms in total. The minimum atomic E-state index is -0.672. The van der Waals surface area contributed by atoms with E-state index in [4.69, 9.17) is 33.2 Å². The van der Waals surface area contributed by atoms with Crippen molar-refractivity contribution in [3.63, 3.8) is 0 Å². The highest BCUT2D eigenvalue weighted by Crippen LogP contribution is 2.41. The SMILES string of the molecule is OC[C@H]1O[C@H]2CC[C@H]3O[C@H]4CC[C@H]5O[C@@H](CCCOCc6ccccc6)[C@H](OCc6ccccc6)C[C@@H]5O[C@@H]4C[C@@H]3O[C@@H]2CC[C@@H]1O. The molecule has 9 heteroatoms. The largest absolute Gasteiger partial charge is 0.394 e. The number of aliphatic hydroxyl groups is 2. The van der Waals surface area contributed by atoms with E-state index in [0.717, 1.165) is 56.9 Å². The number of benzene rings is 2. The van der Waals surface area contributed by atoms with Crippen molar-refractivity contribution in [1.29, 1.82) is 0 Å². The molecule has 5 aliphatic heterocycles. The van der Waals surface area contributed by atoms with Crippen LogP contribution in [0.2, 0.25) is 0 Å². The van der Waals surface area contributed by atoms with Gasteiger partial charge in [0.1, 0.15) is 6.10 Å². The molecule has 2 N–H and O–H groups in total. The molecule has 0 amide bonds. The van der Waals surface area contributed by atoms with E-state index in [1.54, 1.807) is 0 Å². The van der Waals surface area contributed by atoms with Crippen molar-refractivity contribution in [3.05, 3.63) is 71.8 Å². The van der Waals surface area contributed by atoms with Crippen LogP contribution in [0.1, 0.15) is 75.3 Å². The lowest BCUT2D eigenvalue weighted by Gasteiger charge is -2.43. The molecule has 0 saturated carbocycles. The number of hydrogen-bond acceptors (Lipinski definition) is 9. The lowest BCUT2D eigenvalue weighted by atomic mass is 9.92. The van der Waals surface area contributed by atoms with Gasteiger partial charge in [0, 0.05) is 19.4 Å². The first-order valence-corrected chi connectivity index (χ1v) is 18.0. The fourth-order valence-corrected chi connectivity index (χ4v) is 8.20. The molecule has 5 fully saturated rings. The highest BCUT2D eigenvalue weighted by Gasteiger charge is 2.49. The van der Waals surface area contributed by atoms with Gasteiger partial charge in [-0.1, -0.05) is 60.7 Å². The van der Waals surface area contributed by atoms with Crippen LogP contribution < -0.4 is 0 Å². The summed E-state index contributed by atoms with van der Waals surface area (Å²) in [6.45, 7) is 1.65. The van der Waals surface area contributed by atoms with Gasteiger partial charge in [-0.25, -0.2) is 0 Å². The second-order valence-electron chi connectivity index (χ2n) is 14.0. The quantitative estimate of drug-likeness (QED) is 0.348. The lowest BCUT2D eigenvalue weighted by molar-refractivity contribution is -0.238. The molecule has 5 aliphatic rings. The van der Waals surface area contributed by atoms with E-state index in [1.807, 2.05) is 36.4 Å². The predicted molar refractivity (Wildman–Crippen MR) is 174 cm³/mol. The molecule has 2 aromatic carbocycles. The molecule has 0 aliphatic carbocycles. The van der Waals surface area contributed by atoms with Gasteiger partial charge in [-0.15, -0.1) is 0 Å². The maximum Gasteiger partial charge on any atom is 0.107 e. The van der Waals surface area contributed by atoms with Crippen LogP contribution in [0, 0.1) is 0 Å². The Kier molecular flexibility index (Phi) is 11.6. The maximum absolute atomic E-state index is 10.4. The molecule has 7 rings (SSSR count).